The van der Waals surface area contributed by atoms with Crippen molar-refractivity contribution in [2.75, 3.05) is 20.2 Å². The summed E-state index contributed by atoms with van der Waals surface area (Å²) in [5.74, 6) is 0.734. The third kappa shape index (κ3) is 4.07. The van der Waals surface area contributed by atoms with E-state index in [9.17, 15) is 13.2 Å². The molecule has 1 saturated heterocycles. The van der Waals surface area contributed by atoms with E-state index >= 15 is 0 Å². The van der Waals surface area contributed by atoms with Gasteiger partial charge >= 0.3 is 6.18 Å². The molecule has 1 aliphatic heterocycles. The van der Waals surface area contributed by atoms with E-state index in [0.717, 1.165) is 49.9 Å². The fraction of sp³-hybridized carbons (Fsp3) is 0.429. The van der Waals surface area contributed by atoms with Crippen LogP contribution in [0.4, 0.5) is 13.2 Å². The zero-order valence-electron chi connectivity index (χ0n) is 16.3. The first kappa shape index (κ1) is 19.7. The van der Waals surface area contributed by atoms with E-state index in [0.29, 0.717) is 5.69 Å². The van der Waals surface area contributed by atoms with Crippen LogP contribution >= 0.6 is 0 Å². The van der Waals surface area contributed by atoms with Crippen LogP contribution in [0.3, 0.4) is 0 Å². The van der Waals surface area contributed by atoms with Crippen molar-refractivity contribution in [3.8, 4) is 5.75 Å². The number of hydrogen-bond donors (Lipinski definition) is 0. The van der Waals surface area contributed by atoms with E-state index in [1.807, 2.05) is 24.3 Å². The molecule has 2 aromatic heterocycles. The van der Waals surface area contributed by atoms with Crippen LogP contribution in [0.1, 0.15) is 41.3 Å². The van der Waals surface area contributed by atoms with Crippen LogP contribution in [0, 0.1) is 6.92 Å². The number of aromatic nitrogens is 2. The smallest absolute Gasteiger partial charge is 0.417 e. The lowest BCUT2D eigenvalue weighted by molar-refractivity contribution is -0.136. The molecule has 0 saturated carbocycles. The first-order valence-electron chi connectivity index (χ1n) is 9.54. The summed E-state index contributed by atoms with van der Waals surface area (Å²) in [4.78, 5) is 6.39. The standard InChI is InChI=1S/C21H22F3N3O2/c1-13-10-17(21(22,23)24)18-19(26-29-20(18)25-13)15-6-8-27(9-7-15)12-14-4-3-5-16(11-14)28-2/h3-5,10-11,15H,6-9,12H2,1-2H3. The van der Waals surface area contributed by atoms with E-state index in [-0.39, 0.29) is 22.7 Å². The summed E-state index contributed by atoms with van der Waals surface area (Å²) in [6.45, 7) is 3.85. The Labute approximate surface area is 166 Å². The molecule has 29 heavy (non-hydrogen) atoms. The number of likely N-dealkylation sites (tertiary alicyclic amines) is 1. The highest BCUT2D eigenvalue weighted by molar-refractivity contribution is 5.81. The minimum absolute atomic E-state index is 0.00865. The number of alkyl halides is 3. The molecule has 5 nitrogen and oxygen atoms in total. The van der Waals surface area contributed by atoms with Crippen molar-refractivity contribution < 1.29 is 22.4 Å². The lowest BCUT2D eigenvalue weighted by atomic mass is 9.90. The number of hydrogen-bond acceptors (Lipinski definition) is 5. The maximum absolute atomic E-state index is 13.6. The van der Waals surface area contributed by atoms with Crippen molar-refractivity contribution in [1.82, 2.24) is 15.0 Å². The summed E-state index contributed by atoms with van der Waals surface area (Å²) in [5.41, 5.74) is 1.04. The first-order chi connectivity index (χ1) is 13.8. The molecule has 1 aliphatic rings. The van der Waals surface area contributed by atoms with E-state index in [1.165, 1.54) is 6.92 Å². The van der Waals surface area contributed by atoms with Crippen LogP contribution in [0.15, 0.2) is 34.9 Å². The summed E-state index contributed by atoms with van der Waals surface area (Å²) >= 11 is 0. The molecule has 8 heteroatoms. The lowest BCUT2D eigenvalue weighted by Gasteiger charge is -2.31. The van der Waals surface area contributed by atoms with E-state index < -0.39 is 11.7 Å². The number of halogens is 3. The Hall–Kier alpha value is -2.61. The van der Waals surface area contributed by atoms with Crippen LogP contribution in [0.5, 0.6) is 5.75 Å². The molecule has 0 bridgehead atoms. The van der Waals surface area contributed by atoms with Gasteiger partial charge in [0.2, 0.25) is 0 Å². The number of ether oxygens (including phenoxy) is 1. The molecule has 0 N–H and O–H groups in total. The Morgan fingerprint density at radius 2 is 1.97 bits per heavy atom. The number of nitrogens with zero attached hydrogens (tertiary/aromatic N) is 3. The second kappa shape index (κ2) is 7.67. The number of rotatable bonds is 4. The molecule has 3 heterocycles. The third-order valence-corrected chi connectivity index (χ3v) is 5.42. The largest absolute Gasteiger partial charge is 0.497 e. The fourth-order valence-electron chi connectivity index (χ4n) is 3.99. The van der Waals surface area contributed by atoms with Gasteiger partial charge in [-0.25, -0.2) is 4.98 Å². The van der Waals surface area contributed by atoms with Gasteiger partial charge in [0, 0.05) is 18.2 Å². The molecule has 1 aromatic carbocycles. The molecule has 0 unspecified atom stereocenters. The van der Waals surface area contributed by atoms with Gasteiger partial charge in [-0.2, -0.15) is 13.2 Å². The molecule has 0 amide bonds. The van der Waals surface area contributed by atoms with Crippen LogP contribution in [0.25, 0.3) is 11.1 Å². The van der Waals surface area contributed by atoms with Crippen molar-refractivity contribution in [2.24, 2.45) is 0 Å². The summed E-state index contributed by atoms with van der Waals surface area (Å²) in [7, 11) is 1.64. The number of fused-ring (bicyclic) bond motifs is 1. The third-order valence-electron chi connectivity index (χ3n) is 5.42. The highest BCUT2D eigenvalue weighted by Crippen LogP contribution is 2.40. The first-order valence-corrected chi connectivity index (χ1v) is 9.54. The SMILES string of the molecule is COc1cccc(CN2CCC(c3noc4nc(C)cc(C(F)(F)F)c34)CC2)c1. The van der Waals surface area contributed by atoms with Crippen LogP contribution < -0.4 is 4.74 Å². The summed E-state index contributed by atoms with van der Waals surface area (Å²) in [6.07, 6.45) is -3.03. The molecule has 1 fully saturated rings. The van der Waals surface area contributed by atoms with E-state index in [4.69, 9.17) is 9.26 Å². The molecule has 4 rings (SSSR count). The maximum atomic E-state index is 13.6. The quantitative estimate of drug-likeness (QED) is 0.616. The highest BCUT2D eigenvalue weighted by Gasteiger charge is 2.37. The van der Waals surface area contributed by atoms with Gasteiger partial charge in [-0.15, -0.1) is 0 Å². The van der Waals surface area contributed by atoms with Crippen molar-refractivity contribution in [3.63, 3.8) is 0 Å². The topological polar surface area (TPSA) is 51.4 Å². The number of methoxy groups -OCH3 is 1. The second-order valence-corrected chi connectivity index (χ2v) is 7.46. The number of pyridine rings is 1. The zero-order chi connectivity index (χ0) is 20.6. The van der Waals surface area contributed by atoms with Gasteiger partial charge in [-0.1, -0.05) is 17.3 Å². The van der Waals surface area contributed by atoms with Crippen LogP contribution in [-0.4, -0.2) is 35.2 Å². The zero-order valence-corrected chi connectivity index (χ0v) is 16.3. The van der Waals surface area contributed by atoms with Gasteiger partial charge in [0.15, 0.2) is 0 Å². The Bertz CT molecular complexity index is 1010. The maximum Gasteiger partial charge on any atom is 0.417 e. The lowest BCUT2D eigenvalue weighted by Crippen LogP contribution is -2.32. The summed E-state index contributed by atoms with van der Waals surface area (Å²) < 4.78 is 51.2. The van der Waals surface area contributed by atoms with Crippen LogP contribution in [-0.2, 0) is 12.7 Å². The Kier molecular flexibility index (Phi) is 5.21. The molecule has 0 atom stereocenters. The summed E-state index contributed by atoms with van der Waals surface area (Å²) in [5, 5.41) is 4.00. The minimum atomic E-state index is -4.47. The van der Waals surface area contributed by atoms with Crippen LogP contribution in [0.2, 0.25) is 0 Å². The van der Waals surface area contributed by atoms with Crippen molar-refractivity contribution >= 4 is 11.1 Å². The van der Waals surface area contributed by atoms with Gasteiger partial charge < -0.3 is 9.26 Å². The van der Waals surface area contributed by atoms with Gasteiger partial charge in [0.1, 0.15) is 5.75 Å². The number of benzene rings is 1. The second-order valence-electron chi connectivity index (χ2n) is 7.46. The predicted molar refractivity (Wildman–Crippen MR) is 102 cm³/mol. The molecule has 3 aromatic rings. The average molecular weight is 405 g/mol. The van der Waals surface area contributed by atoms with Gasteiger partial charge in [-0.3, -0.25) is 4.90 Å². The molecular formula is C21H22F3N3O2. The van der Waals surface area contributed by atoms with Gasteiger partial charge in [-0.05, 0) is 56.6 Å². The number of piperidine rings is 1. The van der Waals surface area contributed by atoms with E-state index in [2.05, 4.69) is 15.0 Å². The van der Waals surface area contributed by atoms with Crippen molar-refractivity contribution in [1.29, 1.82) is 0 Å². The fourth-order valence-corrected chi connectivity index (χ4v) is 3.99. The van der Waals surface area contributed by atoms with Crippen molar-refractivity contribution in [2.45, 2.75) is 38.4 Å². The Balaban J connectivity index is 1.52. The Morgan fingerprint density at radius 3 is 2.66 bits per heavy atom. The highest BCUT2D eigenvalue weighted by atomic mass is 19.4. The predicted octanol–water partition coefficient (Wildman–Crippen LogP) is 4.94. The summed E-state index contributed by atoms with van der Waals surface area (Å²) in [6, 6.07) is 8.97. The molecular weight excluding hydrogens is 383 g/mol. The minimum Gasteiger partial charge on any atom is -0.497 e. The monoisotopic (exact) mass is 405 g/mol. The van der Waals surface area contributed by atoms with Gasteiger partial charge in [0.25, 0.3) is 5.71 Å². The average Bonchev–Trinajstić information content (AvgIpc) is 3.11. The number of aryl methyl sites for hydroxylation is 1. The van der Waals surface area contributed by atoms with Crippen molar-refractivity contribution in [3.05, 3.63) is 52.8 Å². The normalized spacial score (nSPS) is 16.4. The molecule has 0 aliphatic carbocycles. The molecule has 0 spiro atoms. The molecule has 0 radical (unpaired) electrons. The van der Waals surface area contributed by atoms with E-state index in [1.54, 1.807) is 7.11 Å². The Morgan fingerprint density at radius 1 is 1.21 bits per heavy atom. The van der Waals surface area contributed by atoms with Gasteiger partial charge in [0.05, 0.1) is 23.8 Å². The molecule has 154 valence electrons.